The maximum atomic E-state index is 12.7. The number of allylic oxidation sites excluding steroid dienone is 1. The largest absolute Gasteiger partial charge is 0.454 e. The van der Waals surface area contributed by atoms with Crippen LogP contribution in [0.3, 0.4) is 0 Å². The molecule has 3 aliphatic rings. The fourth-order valence-electron chi connectivity index (χ4n) is 3.89. The smallest absolute Gasteiger partial charge is 0.246 e. The van der Waals surface area contributed by atoms with E-state index in [1.54, 1.807) is 6.08 Å². The first-order valence-corrected chi connectivity index (χ1v) is 9.97. The SMILES string of the molecule is CC(=CC(=O)N1CCN(CC(=O)N2CCCC2)CC1)c1ccc2c(c1)OCO2. The second-order valence-electron chi connectivity index (χ2n) is 7.58. The number of nitrogens with zero attached hydrogens (tertiary/aromatic N) is 3. The van der Waals surface area contributed by atoms with Gasteiger partial charge in [0.2, 0.25) is 18.6 Å². The summed E-state index contributed by atoms with van der Waals surface area (Å²) in [5.41, 5.74) is 1.85. The maximum absolute atomic E-state index is 12.7. The second kappa shape index (κ2) is 8.22. The minimum Gasteiger partial charge on any atom is -0.454 e. The van der Waals surface area contributed by atoms with Crippen LogP contribution in [-0.4, -0.2) is 79.1 Å². The molecule has 2 fully saturated rings. The van der Waals surface area contributed by atoms with Gasteiger partial charge in [-0.25, -0.2) is 0 Å². The number of ether oxygens (including phenoxy) is 2. The topological polar surface area (TPSA) is 62.3 Å². The van der Waals surface area contributed by atoms with Crippen molar-refractivity contribution in [3.05, 3.63) is 29.8 Å². The standard InChI is InChI=1S/C21H27N3O4/c1-16(17-4-5-18-19(13-17)28-15-27-18)12-20(25)24-10-8-22(9-11-24)14-21(26)23-6-2-3-7-23/h4-5,12-13H,2-3,6-11,14-15H2,1H3. The minimum absolute atomic E-state index is 0.0145. The molecular formula is C21H27N3O4. The molecule has 0 saturated carbocycles. The van der Waals surface area contributed by atoms with Gasteiger partial charge in [0.05, 0.1) is 6.54 Å². The van der Waals surface area contributed by atoms with Crippen molar-refractivity contribution in [2.24, 2.45) is 0 Å². The first-order chi connectivity index (χ1) is 13.6. The van der Waals surface area contributed by atoms with Crippen LogP contribution in [0.5, 0.6) is 11.5 Å². The van der Waals surface area contributed by atoms with Gasteiger partial charge in [0.1, 0.15) is 0 Å². The van der Waals surface area contributed by atoms with Gasteiger partial charge in [-0.2, -0.15) is 0 Å². The highest BCUT2D eigenvalue weighted by Gasteiger charge is 2.25. The van der Waals surface area contributed by atoms with Crippen molar-refractivity contribution >= 4 is 17.4 Å². The Morgan fingerprint density at radius 3 is 2.43 bits per heavy atom. The molecule has 0 unspecified atom stereocenters. The molecule has 0 radical (unpaired) electrons. The maximum Gasteiger partial charge on any atom is 0.246 e. The first kappa shape index (κ1) is 18.8. The van der Waals surface area contributed by atoms with Crippen molar-refractivity contribution in [1.82, 2.24) is 14.7 Å². The van der Waals surface area contributed by atoms with Crippen LogP contribution in [0.4, 0.5) is 0 Å². The van der Waals surface area contributed by atoms with Crippen molar-refractivity contribution in [2.75, 3.05) is 52.6 Å². The third-order valence-electron chi connectivity index (χ3n) is 5.67. The van der Waals surface area contributed by atoms with Gasteiger partial charge in [-0.1, -0.05) is 6.07 Å². The van der Waals surface area contributed by atoms with Crippen molar-refractivity contribution in [3.8, 4) is 11.5 Å². The molecule has 0 spiro atoms. The summed E-state index contributed by atoms with van der Waals surface area (Å²) in [6, 6.07) is 5.72. The number of amides is 2. The molecular weight excluding hydrogens is 358 g/mol. The van der Waals surface area contributed by atoms with Gasteiger partial charge < -0.3 is 19.3 Å². The van der Waals surface area contributed by atoms with Crippen LogP contribution < -0.4 is 9.47 Å². The second-order valence-corrected chi connectivity index (χ2v) is 7.58. The Morgan fingerprint density at radius 1 is 0.964 bits per heavy atom. The summed E-state index contributed by atoms with van der Waals surface area (Å²) in [5.74, 6) is 1.69. The Balaban J connectivity index is 1.30. The van der Waals surface area contributed by atoms with E-state index in [4.69, 9.17) is 9.47 Å². The summed E-state index contributed by atoms with van der Waals surface area (Å²) in [7, 11) is 0. The molecule has 7 heteroatoms. The van der Waals surface area contributed by atoms with E-state index >= 15 is 0 Å². The average Bonchev–Trinajstić information content (AvgIpc) is 3.39. The van der Waals surface area contributed by atoms with Gasteiger partial charge in [0, 0.05) is 45.3 Å². The number of piperazine rings is 1. The lowest BCUT2D eigenvalue weighted by molar-refractivity contribution is -0.132. The summed E-state index contributed by atoms with van der Waals surface area (Å²) in [5, 5.41) is 0. The molecule has 0 aromatic heterocycles. The molecule has 1 aromatic carbocycles. The van der Waals surface area contributed by atoms with Crippen molar-refractivity contribution in [3.63, 3.8) is 0 Å². The predicted molar refractivity (Wildman–Crippen MR) is 105 cm³/mol. The van der Waals surface area contributed by atoms with E-state index in [1.807, 2.05) is 34.9 Å². The highest BCUT2D eigenvalue weighted by molar-refractivity contribution is 5.95. The Hall–Kier alpha value is -2.54. The molecule has 0 bridgehead atoms. The summed E-state index contributed by atoms with van der Waals surface area (Å²) < 4.78 is 10.7. The number of carbonyl (C=O) groups excluding carboxylic acids is 2. The normalized spacial score (nSPS) is 20.0. The first-order valence-electron chi connectivity index (χ1n) is 9.97. The third-order valence-corrected chi connectivity index (χ3v) is 5.67. The van der Waals surface area contributed by atoms with Crippen LogP contribution in [0.1, 0.15) is 25.3 Å². The summed E-state index contributed by atoms with van der Waals surface area (Å²) >= 11 is 0. The van der Waals surface area contributed by atoms with E-state index in [-0.39, 0.29) is 18.6 Å². The fraction of sp³-hybridized carbons (Fsp3) is 0.524. The van der Waals surface area contributed by atoms with Crippen molar-refractivity contribution in [1.29, 1.82) is 0 Å². The van der Waals surface area contributed by atoms with Gasteiger partial charge in [-0.05, 0) is 43.0 Å². The zero-order chi connectivity index (χ0) is 19.5. The Bertz CT molecular complexity index is 778. The lowest BCUT2D eigenvalue weighted by atomic mass is 10.1. The lowest BCUT2D eigenvalue weighted by Crippen LogP contribution is -2.51. The third kappa shape index (κ3) is 4.14. The molecule has 2 amide bonds. The molecule has 0 aliphatic carbocycles. The number of benzene rings is 1. The lowest BCUT2D eigenvalue weighted by Gasteiger charge is -2.34. The van der Waals surface area contributed by atoms with Crippen LogP contribution in [0.2, 0.25) is 0 Å². The van der Waals surface area contributed by atoms with E-state index in [9.17, 15) is 9.59 Å². The average molecular weight is 385 g/mol. The molecule has 0 atom stereocenters. The number of hydrogen-bond donors (Lipinski definition) is 0. The zero-order valence-corrected chi connectivity index (χ0v) is 16.4. The number of rotatable bonds is 4. The van der Waals surface area contributed by atoms with Crippen LogP contribution in [-0.2, 0) is 9.59 Å². The number of carbonyl (C=O) groups is 2. The quantitative estimate of drug-likeness (QED) is 0.737. The molecule has 2 saturated heterocycles. The minimum atomic E-state index is 0.0145. The van der Waals surface area contributed by atoms with E-state index in [2.05, 4.69) is 4.90 Å². The van der Waals surface area contributed by atoms with Crippen molar-refractivity contribution in [2.45, 2.75) is 19.8 Å². The molecule has 150 valence electrons. The van der Waals surface area contributed by atoms with Crippen LogP contribution >= 0.6 is 0 Å². The van der Waals surface area contributed by atoms with Gasteiger partial charge in [0.25, 0.3) is 0 Å². The Kier molecular flexibility index (Phi) is 5.52. The van der Waals surface area contributed by atoms with E-state index < -0.39 is 0 Å². The molecule has 28 heavy (non-hydrogen) atoms. The Morgan fingerprint density at radius 2 is 1.68 bits per heavy atom. The summed E-state index contributed by atoms with van der Waals surface area (Å²) in [4.78, 5) is 30.9. The van der Waals surface area contributed by atoms with Crippen molar-refractivity contribution < 1.29 is 19.1 Å². The highest BCUT2D eigenvalue weighted by Crippen LogP contribution is 2.34. The van der Waals surface area contributed by atoms with Gasteiger partial charge in [-0.15, -0.1) is 0 Å². The molecule has 1 aromatic rings. The predicted octanol–water partition coefficient (Wildman–Crippen LogP) is 1.59. The van der Waals surface area contributed by atoms with Crippen LogP contribution in [0.25, 0.3) is 5.57 Å². The Labute approximate surface area is 165 Å². The molecule has 3 aliphatic heterocycles. The van der Waals surface area contributed by atoms with Gasteiger partial charge >= 0.3 is 0 Å². The van der Waals surface area contributed by atoms with Crippen LogP contribution in [0.15, 0.2) is 24.3 Å². The van der Waals surface area contributed by atoms with Gasteiger partial charge in [0.15, 0.2) is 11.5 Å². The molecule has 0 N–H and O–H groups in total. The number of hydrogen-bond acceptors (Lipinski definition) is 5. The number of likely N-dealkylation sites (tertiary alicyclic amines) is 1. The fourth-order valence-corrected chi connectivity index (χ4v) is 3.89. The summed E-state index contributed by atoms with van der Waals surface area (Å²) in [6.07, 6.45) is 3.91. The van der Waals surface area contributed by atoms with Gasteiger partial charge in [-0.3, -0.25) is 14.5 Å². The van der Waals surface area contributed by atoms with E-state index in [0.717, 1.165) is 55.9 Å². The molecule has 7 nitrogen and oxygen atoms in total. The molecule has 3 heterocycles. The number of fused-ring (bicyclic) bond motifs is 1. The van der Waals surface area contributed by atoms with E-state index in [0.29, 0.717) is 25.4 Å². The van der Waals surface area contributed by atoms with E-state index in [1.165, 1.54) is 0 Å². The molecule has 4 rings (SSSR count). The van der Waals surface area contributed by atoms with Crippen LogP contribution in [0, 0.1) is 0 Å². The zero-order valence-electron chi connectivity index (χ0n) is 16.4. The monoisotopic (exact) mass is 385 g/mol. The summed E-state index contributed by atoms with van der Waals surface area (Å²) in [6.45, 7) is 7.19. The highest BCUT2D eigenvalue weighted by atomic mass is 16.7.